The molecule has 8 unspecified atom stereocenters. The fraction of sp³-hybridized carbons (Fsp3) is 0.431. The van der Waals surface area contributed by atoms with E-state index in [1.54, 1.807) is 12.1 Å². The SMILES string of the molecule is CCC(O)CCCC1CC(CCC2CC(CC(O)CC)OC(c3ccccc3OC3=C(/C=C/C4=[N+](C)c5ccc6ccccc6c5C4(C)C)CCC/C3=C\C=C3\N(C)c4ccc5ccccc5c4C3(C)C)O2)OC(c2ccccc2O)O1. The molecule has 10 heteroatoms. The number of anilines is 1. The molecule has 0 bridgehead atoms. The van der Waals surface area contributed by atoms with Crippen LogP contribution in [0.5, 0.6) is 11.5 Å². The Labute approximate surface area is 486 Å². The Bertz CT molecular complexity index is 3460. The van der Waals surface area contributed by atoms with E-state index in [1.807, 2.05) is 44.2 Å². The van der Waals surface area contributed by atoms with Crippen LogP contribution in [0.25, 0.3) is 21.5 Å². The van der Waals surface area contributed by atoms with Crippen molar-refractivity contribution in [2.24, 2.45) is 0 Å². The normalized spacial score (nSPS) is 25.2. The average molecular weight is 1110 g/mol. The Morgan fingerprint density at radius 1 is 0.646 bits per heavy atom. The number of aromatic hydroxyl groups is 1. The van der Waals surface area contributed by atoms with Crippen LogP contribution in [-0.2, 0) is 29.8 Å². The van der Waals surface area contributed by atoms with Crippen LogP contribution in [0.15, 0.2) is 168 Å². The topological polar surface area (TPSA) is 113 Å². The van der Waals surface area contributed by atoms with Crippen molar-refractivity contribution in [2.45, 2.75) is 185 Å². The second-order valence-corrected chi connectivity index (χ2v) is 24.6. The van der Waals surface area contributed by atoms with Crippen LogP contribution in [0.2, 0.25) is 0 Å². The quantitative estimate of drug-likeness (QED) is 0.0724. The van der Waals surface area contributed by atoms with Crippen LogP contribution in [0.1, 0.15) is 160 Å². The Hall–Kier alpha value is -6.37. The molecule has 6 aromatic carbocycles. The first-order chi connectivity index (χ1) is 39.6. The van der Waals surface area contributed by atoms with Gasteiger partial charge in [0.2, 0.25) is 5.69 Å². The molecule has 82 heavy (non-hydrogen) atoms. The summed E-state index contributed by atoms with van der Waals surface area (Å²) >= 11 is 0. The number of ether oxygens (including phenoxy) is 5. The lowest BCUT2D eigenvalue weighted by Gasteiger charge is -2.39. The Morgan fingerprint density at radius 2 is 1.24 bits per heavy atom. The molecule has 2 fully saturated rings. The van der Waals surface area contributed by atoms with E-state index in [0.29, 0.717) is 56.3 Å². The van der Waals surface area contributed by atoms with E-state index in [2.05, 4.69) is 154 Å². The molecular formula is C72H85N2O8+. The number of phenols is 1. The van der Waals surface area contributed by atoms with Gasteiger partial charge in [-0.15, -0.1) is 0 Å². The zero-order chi connectivity index (χ0) is 57.3. The van der Waals surface area contributed by atoms with Crippen molar-refractivity contribution in [3.8, 4) is 11.5 Å². The van der Waals surface area contributed by atoms with Gasteiger partial charge in [0, 0.05) is 60.0 Å². The predicted molar refractivity (Wildman–Crippen MR) is 329 cm³/mol. The molecule has 11 rings (SSSR count). The standard InChI is InChI=1S/C72H84N2O8/c1-9-50(75)25-20-26-52-44-53(79-69(78-52)58-29-15-17-31-62(58)77)37-38-54-45-55(43-51(76)10-2)81-70(80-54)59-30-16-18-32-63(59)82-68-48(35-41-64-71(3,4)66-56-27-13-11-21-46(56)33-39-60(66)73(64)7)23-19-24-49(68)36-42-65-72(5,6)67-57-28-14-12-22-47(57)34-40-61(67)74(65)8/h11-18,21-22,27-36,39-42,50-55,69-70,75-76H,9-10,19-20,23-26,37-38,43-45H2,1-8H3/p+1. The van der Waals surface area contributed by atoms with E-state index in [9.17, 15) is 15.3 Å². The number of hydrogen-bond donors (Lipinski definition) is 3. The first-order valence-corrected chi connectivity index (χ1v) is 30.4. The fourth-order valence-corrected chi connectivity index (χ4v) is 13.9. The van der Waals surface area contributed by atoms with Gasteiger partial charge in [-0.25, -0.2) is 0 Å². The third kappa shape index (κ3) is 11.6. The number of para-hydroxylation sites is 2. The molecule has 0 radical (unpaired) electrons. The second kappa shape index (κ2) is 24.5. The highest BCUT2D eigenvalue weighted by Gasteiger charge is 2.45. The molecule has 4 aliphatic heterocycles. The molecule has 2 saturated heterocycles. The third-order valence-corrected chi connectivity index (χ3v) is 18.4. The summed E-state index contributed by atoms with van der Waals surface area (Å²) in [6, 6.07) is 41.8. The van der Waals surface area contributed by atoms with Crippen molar-refractivity contribution in [1.29, 1.82) is 0 Å². The minimum atomic E-state index is -0.762. The van der Waals surface area contributed by atoms with E-state index < -0.39 is 18.7 Å². The average Bonchev–Trinajstić information content (AvgIpc) is 3.25. The Balaban J connectivity index is 0.922. The van der Waals surface area contributed by atoms with E-state index >= 15 is 0 Å². The highest BCUT2D eigenvalue weighted by molar-refractivity contribution is 6.07. The van der Waals surface area contributed by atoms with Crippen molar-refractivity contribution in [3.63, 3.8) is 0 Å². The summed E-state index contributed by atoms with van der Waals surface area (Å²) in [5, 5.41) is 37.5. The van der Waals surface area contributed by atoms with Gasteiger partial charge in [0.1, 0.15) is 24.3 Å². The van der Waals surface area contributed by atoms with Gasteiger partial charge < -0.3 is 43.9 Å². The van der Waals surface area contributed by atoms with E-state index in [-0.39, 0.29) is 47.1 Å². The molecule has 0 spiro atoms. The van der Waals surface area contributed by atoms with Crippen LogP contribution in [-0.4, -0.2) is 76.3 Å². The van der Waals surface area contributed by atoms with Gasteiger partial charge >= 0.3 is 0 Å². The molecule has 430 valence electrons. The maximum absolute atomic E-state index is 11.1. The number of phenolic OH excluding ortho intramolecular Hbond substituents is 1. The van der Waals surface area contributed by atoms with E-state index in [0.717, 1.165) is 61.0 Å². The molecule has 0 amide bonds. The summed E-state index contributed by atoms with van der Waals surface area (Å²) in [5.74, 6) is 1.65. The monoisotopic (exact) mass is 1110 g/mol. The van der Waals surface area contributed by atoms with Gasteiger partial charge in [-0.1, -0.05) is 125 Å². The van der Waals surface area contributed by atoms with Gasteiger partial charge in [0.05, 0.1) is 47.6 Å². The Kier molecular flexibility index (Phi) is 17.1. The molecule has 1 aliphatic carbocycles. The molecule has 4 heterocycles. The van der Waals surface area contributed by atoms with Gasteiger partial charge in [-0.3, -0.25) is 0 Å². The number of allylic oxidation sites excluding steroid dienone is 7. The van der Waals surface area contributed by atoms with Gasteiger partial charge in [0.25, 0.3) is 0 Å². The van der Waals surface area contributed by atoms with Gasteiger partial charge in [-0.2, -0.15) is 4.58 Å². The van der Waals surface area contributed by atoms with Crippen molar-refractivity contribution >= 4 is 38.6 Å². The molecular weight excluding hydrogens is 1020 g/mol. The summed E-state index contributed by atoms with van der Waals surface area (Å²) in [6.45, 7) is 13.4. The molecule has 8 atom stereocenters. The number of hydrogen-bond acceptors (Lipinski definition) is 9. The number of aliphatic hydroxyl groups is 2. The van der Waals surface area contributed by atoms with Crippen LogP contribution in [0.3, 0.4) is 0 Å². The lowest BCUT2D eigenvalue weighted by molar-refractivity contribution is -0.401. The summed E-state index contributed by atoms with van der Waals surface area (Å²) in [6.07, 6.45) is 15.7. The van der Waals surface area contributed by atoms with Crippen molar-refractivity contribution in [1.82, 2.24) is 0 Å². The Morgan fingerprint density at radius 3 is 1.95 bits per heavy atom. The maximum atomic E-state index is 11.1. The molecule has 5 aliphatic rings. The summed E-state index contributed by atoms with van der Waals surface area (Å²) in [4.78, 5) is 2.36. The minimum Gasteiger partial charge on any atom is -0.507 e. The fourth-order valence-electron chi connectivity index (χ4n) is 13.9. The van der Waals surface area contributed by atoms with E-state index in [1.165, 1.54) is 55.5 Å². The number of aliphatic hydroxyl groups excluding tert-OH is 2. The number of benzene rings is 6. The van der Waals surface area contributed by atoms with Crippen LogP contribution < -0.4 is 9.64 Å². The third-order valence-electron chi connectivity index (χ3n) is 18.4. The number of nitrogens with zero attached hydrogens (tertiary/aromatic N) is 2. The predicted octanol–water partition coefficient (Wildman–Crippen LogP) is 15.9. The first kappa shape index (κ1) is 57.4. The van der Waals surface area contributed by atoms with Crippen molar-refractivity contribution < 1.29 is 43.6 Å². The molecule has 6 aromatic rings. The molecule has 10 nitrogen and oxygen atoms in total. The summed E-state index contributed by atoms with van der Waals surface area (Å²) in [5.41, 5.74) is 10.7. The number of rotatable bonds is 18. The lowest BCUT2D eigenvalue weighted by atomic mass is 9.78. The highest BCUT2D eigenvalue weighted by Crippen LogP contribution is 2.51. The van der Waals surface area contributed by atoms with Crippen LogP contribution in [0.4, 0.5) is 11.4 Å². The van der Waals surface area contributed by atoms with Crippen LogP contribution in [0, 0.1) is 0 Å². The first-order valence-electron chi connectivity index (χ1n) is 30.4. The maximum Gasteiger partial charge on any atom is 0.210 e. The summed E-state index contributed by atoms with van der Waals surface area (Å²) in [7, 11) is 4.38. The summed E-state index contributed by atoms with van der Waals surface area (Å²) < 4.78 is 37.0. The second-order valence-electron chi connectivity index (χ2n) is 24.6. The van der Waals surface area contributed by atoms with Crippen LogP contribution >= 0.6 is 0 Å². The zero-order valence-electron chi connectivity index (χ0n) is 49.4. The number of likely N-dealkylation sites (N-methyl/N-ethyl adjacent to an activating group) is 1. The zero-order valence-corrected chi connectivity index (χ0v) is 49.4. The van der Waals surface area contributed by atoms with E-state index in [4.69, 9.17) is 23.7 Å². The largest absolute Gasteiger partial charge is 0.507 e. The molecule has 3 N–H and O–H groups in total. The number of fused-ring (bicyclic) bond motifs is 6. The highest BCUT2D eigenvalue weighted by atomic mass is 16.7. The van der Waals surface area contributed by atoms with Crippen molar-refractivity contribution in [2.75, 3.05) is 19.0 Å². The van der Waals surface area contributed by atoms with Gasteiger partial charge in [0.15, 0.2) is 18.3 Å². The van der Waals surface area contributed by atoms with Crippen molar-refractivity contribution in [3.05, 3.63) is 190 Å². The smallest absolute Gasteiger partial charge is 0.210 e. The molecule has 0 saturated carbocycles. The lowest BCUT2D eigenvalue weighted by Crippen LogP contribution is -2.38. The minimum absolute atomic E-state index is 0.0979. The molecule has 0 aromatic heterocycles. The van der Waals surface area contributed by atoms with Gasteiger partial charge in [-0.05, 0) is 159 Å².